The Kier molecular flexibility index (Phi) is 4.59. The van der Waals surface area contributed by atoms with Crippen molar-refractivity contribution >= 4 is 23.2 Å². The normalized spacial score (nSPS) is 21.7. The maximum atomic E-state index is 13.1. The minimum atomic E-state index is -4.52. The van der Waals surface area contributed by atoms with Crippen molar-refractivity contribution in [2.24, 2.45) is 11.7 Å². The van der Waals surface area contributed by atoms with Gasteiger partial charge in [-0.3, -0.25) is 9.59 Å². The number of carbonyl (C=O) groups is 2. The number of amides is 2. The molecule has 2 N–H and O–H groups in total. The van der Waals surface area contributed by atoms with Gasteiger partial charge in [0.1, 0.15) is 0 Å². The summed E-state index contributed by atoms with van der Waals surface area (Å²) in [5, 5.41) is 0. The standard InChI is InChI=1S/C16H18F3N3O3/c17-16(18,19)11-1-2-12(21-3-5-25-6-4-21)13(8-11)22-9-10(15(20)24)7-14(22)23/h1-2,8,10H,3-7,9H2,(H2,20,24). The number of nitrogens with two attached hydrogens (primary N) is 1. The molecule has 2 fully saturated rings. The van der Waals surface area contributed by atoms with Crippen molar-refractivity contribution in [3.63, 3.8) is 0 Å². The van der Waals surface area contributed by atoms with Crippen molar-refractivity contribution in [1.82, 2.24) is 0 Å². The molecule has 2 aliphatic heterocycles. The molecule has 1 unspecified atom stereocenters. The van der Waals surface area contributed by atoms with E-state index in [-0.39, 0.29) is 18.7 Å². The number of ether oxygens (including phenoxy) is 1. The first-order valence-electron chi connectivity index (χ1n) is 7.91. The van der Waals surface area contributed by atoms with Gasteiger partial charge in [-0.2, -0.15) is 13.2 Å². The van der Waals surface area contributed by atoms with Crippen LogP contribution in [0.15, 0.2) is 18.2 Å². The number of halogens is 3. The van der Waals surface area contributed by atoms with E-state index in [2.05, 4.69) is 0 Å². The second-order valence-electron chi connectivity index (χ2n) is 6.11. The lowest BCUT2D eigenvalue weighted by Crippen LogP contribution is -2.38. The SMILES string of the molecule is NC(=O)C1CC(=O)N(c2cc(C(F)(F)F)ccc2N2CCOCC2)C1. The van der Waals surface area contributed by atoms with Gasteiger partial charge in [-0.05, 0) is 18.2 Å². The van der Waals surface area contributed by atoms with Crippen LogP contribution >= 0.6 is 0 Å². The highest BCUT2D eigenvalue weighted by Crippen LogP contribution is 2.39. The first-order chi connectivity index (χ1) is 11.8. The van der Waals surface area contributed by atoms with Crippen molar-refractivity contribution in [3.05, 3.63) is 23.8 Å². The second-order valence-corrected chi connectivity index (χ2v) is 6.11. The highest BCUT2D eigenvalue weighted by atomic mass is 19.4. The van der Waals surface area contributed by atoms with E-state index in [1.807, 2.05) is 4.90 Å². The van der Waals surface area contributed by atoms with Crippen LogP contribution in [-0.4, -0.2) is 44.7 Å². The summed E-state index contributed by atoms with van der Waals surface area (Å²) in [6, 6.07) is 3.33. The molecule has 1 atom stereocenters. The van der Waals surface area contributed by atoms with E-state index in [9.17, 15) is 22.8 Å². The predicted octanol–water partition coefficient (Wildman–Crippen LogP) is 1.38. The minimum Gasteiger partial charge on any atom is -0.378 e. The van der Waals surface area contributed by atoms with Gasteiger partial charge in [-0.25, -0.2) is 0 Å². The maximum absolute atomic E-state index is 13.1. The first-order valence-corrected chi connectivity index (χ1v) is 7.91. The Morgan fingerprint density at radius 3 is 2.44 bits per heavy atom. The number of primary amides is 1. The Hall–Kier alpha value is -2.29. The molecular weight excluding hydrogens is 339 g/mol. The molecular formula is C16H18F3N3O3. The Labute approximate surface area is 142 Å². The van der Waals surface area contributed by atoms with Crippen LogP contribution in [0.1, 0.15) is 12.0 Å². The molecule has 0 spiro atoms. The average molecular weight is 357 g/mol. The third-order valence-electron chi connectivity index (χ3n) is 4.47. The highest BCUT2D eigenvalue weighted by Gasteiger charge is 2.38. The van der Waals surface area contributed by atoms with Crippen molar-refractivity contribution in [1.29, 1.82) is 0 Å². The van der Waals surface area contributed by atoms with Crippen LogP contribution in [0.3, 0.4) is 0 Å². The number of benzene rings is 1. The van der Waals surface area contributed by atoms with Gasteiger partial charge >= 0.3 is 6.18 Å². The van der Waals surface area contributed by atoms with Crippen molar-refractivity contribution < 1.29 is 27.5 Å². The fraction of sp³-hybridized carbons (Fsp3) is 0.500. The van der Waals surface area contributed by atoms with Crippen LogP contribution in [0, 0.1) is 5.92 Å². The summed E-state index contributed by atoms with van der Waals surface area (Å²) in [7, 11) is 0. The summed E-state index contributed by atoms with van der Waals surface area (Å²) in [4.78, 5) is 26.8. The Bertz CT molecular complexity index is 687. The zero-order valence-corrected chi connectivity index (χ0v) is 13.4. The van der Waals surface area contributed by atoms with Gasteiger partial charge in [0.05, 0.1) is 36.1 Å². The summed E-state index contributed by atoms with van der Waals surface area (Å²) < 4.78 is 44.6. The zero-order valence-electron chi connectivity index (χ0n) is 13.4. The molecule has 2 heterocycles. The van der Waals surface area contributed by atoms with E-state index >= 15 is 0 Å². The Morgan fingerprint density at radius 2 is 1.88 bits per heavy atom. The molecule has 2 saturated heterocycles. The largest absolute Gasteiger partial charge is 0.416 e. The van der Waals surface area contributed by atoms with Crippen LogP contribution in [0.2, 0.25) is 0 Å². The second kappa shape index (κ2) is 6.55. The molecule has 0 aromatic heterocycles. The summed E-state index contributed by atoms with van der Waals surface area (Å²) in [6.07, 6.45) is -4.61. The summed E-state index contributed by atoms with van der Waals surface area (Å²) in [5.41, 5.74) is 5.10. The van der Waals surface area contributed by atoms with E-state index < -0.39 is 29.5 Å². The minimum absolute atomic E-state index is 0.00713. The molecule has 2 aliphatic rings. The molecule has 136 valence electrons. The van der Waals surface area contributed by atoms with Crippen molar-refractivity contribution in [3.8, 4) is 0 Å². The number of alkyl halides is 3. The lowest BCUT2D eigenvalue weighted by Gasteiger charge is -2.33. The van der Waals surface area contributed by atoms with Gasteiger partial charge in [0.2, 0.25) is 11.8 Å². The summed E-state index contributed by atoms with van der Waals surface area (Å²) >= 11 is 0. The smallest absolute Gasteiger partial charge is 0.378 e. The van der Waals surface area contributed by atoms with Crippen LogP contribution < -0.4 is 15.5 Å². The summed E-state index contributed by atoms with van der Waals surface area (Å²) in [5.74, 6) is -1.73. The van der Waals surface area contributed by atoms with E-state index in [0.717, 1.165) is 12.1 Å². The fourth-order valence-corrected chi connectivity index (χ4v) is 3.12. The third-order valence-corrected chi connectivity index (χ3v) is 4.47. The molecule has 3 rings (SSSR count). The monoisotopic (exact) mass is 357 g/mol. The van der Waals surface area contributed by atoms with E-state index in [0.29, 0.717) is 32.0 Å². The van der Waals surface area contributed by atoms with Crippen molar-refractivity contribution in [2.75, 3.05) is 42.6 Å². The quantitative estimate of drug-likeness (QED) is 0.887. The molecule has 1 aromatic carbocycles. The third kappa shape index (κ3) is 3.55. The van der Waals surface area contributed by atoms with E-state index in [1.165, 1.54) is 11.0 Å². The number of carbonyl (C=O) groups excluding carboxylic acids is 2. The van der Waals surface area contributed by atoms with Crippen molar-refractivity contribution in [2.45, 2.75) is 12.6 Å². The first kappa shape index (κ1) is 17.5. The highest BCUT2D eigenvalue weighted by molar-refractivity contribution is 6.02. The Morgan fingerprint density at radius 1 is 1.20 bits per heavy atom. The predicted molar refractivity (Wildman–Crippen MR) is 84.1 cm³/mol. The number of nitrogens with zero attached hydrogens (tertiary/aromatic N) is 2. The number of hydrogen-bond acceptors (Lipinski definition) is 4. The number of rotatable bonds is 3. The van der Waals surface area contributed by atoms with Gasteiger partial charge in [0.25, 0.3) is 0 Å². The fourth-order valence-electron chi connectivity index (χ4n) is 3.12. The average Bonchev–Trinajstić information content (AvgIpc) is 2.96. The molecule has 0 aliphatic carbocycles. The molecule has 0 radical (unpaired) electrons. The molecule has 2 amide bonds. The van der Waals surface area contributed by atoms with Crippen LogP contribution in [-0.2, 0) is 20.5 Å². The number of morpholine rings is 1. The van der Waals surface area contributed by atoms with E-state index in [4.69, 9.17) is 10.5 Å². The van der Waals surface area contributed by atoms with Crippen LogP contribution in [0.25, 0.3) is 0 Å². The zero-order chi connectivity index (χ0) is 18.2. The molecule has 0 saturated carbocycles. The summed E-state index contributed by atoms with van der Waals surface area (Å²) in [6.45, 7) is 1.93. The Balaban J connectivity index is 2.01. The van der Waals surface area contributed by atoms with Gasteiger partial charge in [-0.15, -0.1) is 0 Å². The maximum Gasteiger partial charge on any atom is 0.416 e. The molecule has 25 heavy (non-hydrogen) atoms. The van der Waals surface area contributed by atoms with E-state index in [1.54, 1.807) is 0 Å². The number of hydrogen-bond donors (Lipinski definition) is 1. The molecule has 6 nitrogen and oxygen atoms in total. The lowest BCUT2D eigenvalue weighted by molar-refractivity contribution is -0.137. The van der Waals surface area contributed by atoms with Gasteiger partial charge < -0.3 is 20.3 Å². The van der Waals surface area contributed by atoms with Crippen LogP contribution in [0.5, 0.6) is 0 Å². The van der Waals surface area contributed by atoms with Crippen LogP contribution in [0.4, 0.5) is 24.5 Å². The lowest BCUT2D eigenvalue weighted by atomic mass is 10.1. The molecule has 9 heteroatoms. The van der Waals surface area contributed by atoms with Gasteiger partial charge in [0.15, 0.2) is 0 Å². The molecule has 1 aromatic rings. The van der Waals surface area contributed by atoms with Gasteiger partial charge in [0, 0.05) is 26.1 Å². The topological polar surface area (TPSA) is 75.9 Å². The number of anilines is 2. The molecule has 0 bridgehead atoms. The van der Waals surface area contributed by atoms with Gasteiger partial charge in [-0.1, -0.05) is 0 Å².